The Labute approximate surface area is 348 Å². The molecule has 0 aromatic heterocycles. The molecule has 58 heavy (non-hydrogen) atoms. The Morgan fingerprint density at radius 3 is 2.03 bits per heavy atom. The van der Waals surface area contributed by atoms with Crippen molar-refractivity contribution in [3.05, 3.63) is 131 Å². The monoisotopic (exact) mass is 827 g/mol. The van der Waals surface area contributed by atoms with Crippen LogP contribution in [0.3, 0.4) is 0 Å². The molecule has 5 atom stereocenters. The van der Waals surface area contributed by atoms with Gasteiger partial charge in [-0.05, 0) is 87.8 Å². The summed E-state index contributed by atoms with van der Waals surface area (Å²) in [6, 6.07) is 32.5. The lowest BCUT2D eigenvalue weighted by atomic mass is 9.72. The summed E-state index contributed by atoms with van der Waals surface area (Å²) in [6.07, 6.45) is 4.39. The first kappa shape index (κ1) is 43.6. The van der Waals surface area contributed by atoms with Crippen molar-refractivity contribution in [1.29, 1.82) is 0 Å². The number of phosphoric acid groups is 1. The predicted octanol–water partition coefficient (Wildman–Crippen LogP) is 8.96. The Bertz CT molecular complexity index is 1930. The number of hydrogen-bond donors (Lipinski definition) is 3. The van der Waals surface area contributed by atoms with Crippen molar-refractivity contribution in [2.75, 3.05) is 18.8 Å². The van der Waals surface area contributed by atoms with Gasteiger partial charge in [0.25, 0.3) is 5.91 Å². The molecule has 6 rings (SSSR count). The van der Waals surface area contributed by atoms with Crippen molar-refractivity contribution in [2.45, 2.75) is 102 Å². The van der Waals surface area contributed by atoms with Gasteiger partial charge in [0.1, 0.15) is 5.75 Å². The van der Waals surface area contributed by atoms with Crippen LogP contribution in [-0.4, -0.2) is 64.4 Å². The zero-order chi connectivity index (χ0) is 41.1. The number of β-amino-alcohol motifs (C(OH)–C–C–N with tert-alkyl or cyclic N) is 1. The second-order valence-corrected chi connectivity index (χ2v) is 19.2. The molecule has 4 aromatic rings. The van der Waals surface area contributed by atoms with Gasteiger partial charge in [-0.25, -0.2) is 4.57 Å². The van der Waals surface area contributed by atoms with Gasteiger partial charge < -0.3 is 20.3 Å². The van der Waals surface area contributed by atoms with Crippen molar-refractivity contribution in [1.82, 2.24) is 15.5 Å². The molecule has 2 amide bonds. The number of carbonyl (C=O) groups is 2. The van der Waals surface area contributed by atoms with Crippen LogP contribution in [0.2, 0.25) is 0 Å². The normalized spacial score (nSPS) is 19.7. The minimum absolute atomic E-state index is 0.0120. The van der Waals surface area contributed by atoms with Crippen LogP contribution in [0.4, 0.5) is 0 Å². The summed E-state index contributed by atoms with van der Waals surface area (Å²) >= 11 is 1.54. The summed E-state index contributed by atoms with van der Waals surface area (Å²) in [5.74, 6) is 1.09. The number of piperidine rings is 1. The molecule has 0 bridgehead atoms. The third kappa shape index (κ3) is 12.5. The maximum absolute atomic E-state index is 14.2. The highest BCUT2D eigenvalue weighted by atomic mass is 32.2. The third-order valence-electron chi connectivity index (χ3n) is 10.9. The molecule has 3 N–H and O–H groups in total. The summed E-state index contributed by atoms with van der Waals surface area (Å²) in [4.78, 5) is 31.2. The zero-order valence-corrected chi connectivity index (χ0v) is 35.8. The number of fused-ring (bicyclic) bond motifs is 1. The number of nitrogens with zero attached hydrogens (tertiary/aromatic N) is 1. The molecule has 2 aliphatic rings. The molecule has 310 valence electrons. The quantitative estimate of drug-likeness (QED) is 0.0707. The van der Waals surface area contributed by atoms with E-state index in [1.54, 1.807) is 36.9 Å². The van der Waals surface area contributed by atoms with Gasteiger partial charge in [0.05, 0.1) is 31.4 Å². The molecule has 10 nitrogen and oxygen atoms in total. The van der Waals surface area contributed by atoms with Crippen molar-refractivity contribution in [2.24, 2.45) is 11.8 Å². The largest absolute Gasteiger partial charge is 0.530 e. The number of aliphatic hydroxyl groups is 1. The van der Waals surface area contributed by atoms with E-state index in [0.717, 1.165) is 41.8 Å². The average molecular weight is 828 g/mol. The number of hydrogen-bond acceptors (Lipinski definition) is 9. The Morgan fingerprint density at radius 1 is 0.845 bits per heavy atom. The maximum atomic E-state index is 14.2. The van der Waals surface area contributed by atoms with Crippen molar-refractivity contribution in [3.63, 3.8) is 0 Å². The maximum Gasteiger partial charge on any atom is 0.530 e. The van der Waals surface area contributed by atoms with Gasteiger partial charge in [0.2, 0.25) is 5.91 Å². The van der Waals surface area contributed by atoms with E-state index in [2.05, 4.69) is 15.5 Å². The van der Waals surface area contributed by atoms with Gasteiger partial charge in [-0.1, -0.05) is 104 Å². The molecule has 1 aliphatic heterocycles. The Balaban J connectivity index is 1.21. The lowest BCUT2D eigenvalue weighted by Gasteiger charge is -2.47. The minimum atomic E-state index is -4.21. The second-order valence-electron chi connectivity index (χ2n) is 16.5. The molecule has 4 aromatic carbocycles. The summed E-state index contributed by atoms with van der Waals surface area (Å²) in [7, 11) is -4.21. The number of benzene rings is 4. The predicted molar refractivity (Wildman–Crippen MR) is 230 cm³/mol. The molecule has 0 spiro atoms. The lowest BCUT2D eigenvalue weighted by molar-refractivity contribution is -0.132. The highest BCUT2D eigenvalue weighted by Gasteiger charge is 2.42. The molecule has 12 heteroatoms. The molecular weight excluding hydrogens is 770 g/mol. The molecule has 1 saturated carbocycles. The van der Waals surface area contributed by atoms with Crippen LogP contribution >= 0.6 is 19.6 Å². The smallest absolute Gasteiger partial charge is 0.404 e. The van der Waals surface area contributed by atoms with Crippen molar-refractivity contribution in [3.8, 4) is 5.75 Å². The molecule has 0 unspecified atom stereocenters. The Hall–Kier alpha value is -3.96. The average Bonchev–Trinajstić information content (AvgIpc) is 3.22. The van der Waals surface area contributed by atoms with Crippen LogP contribution in [0.1, 0.15) is 79.9 Å². The number of nitrogens with one attached hydrogen (secondary N) is 2. The summed E-state index contributed by atoms with van der Waals surface area (Å²) < 4.78 is 32.0. The van der Waals surface area contributed by atoms with Crippen LogP contribution in [0, 0.1) is 18.8 Å². The van der Waals surface area contributed by atoms with E-state index in [0.29, 0.717) is 28.7 Å². The fourth-order valence-corrected chi connectivity index (χ4v) is 10.1. The van der Waals surface area contributed by atoms with Crippen LogP contribution in [-0.2, 0) is 31.6 Å². The fourth-order valence-electron chi connectivity index (χ4n) is 7.82. The summed E-state index contributed by atoms with van der Waals surface area (Å²) in [5.41, 5.74) is 1.93. The van der Waals surface area contributed by atoms with E-state index >= 15 is 0 Å². The summed E-state index contributed by atoms with van der Waals surface area (Å²) in [5, 5.41) is 18.4. The fraction of sp³-hybridized carbons (Fsp3) is 0.435. The number of rotatable bonds is 17. The van der Waals surface area contributed by atoms with E-state index in [1.165, 1.54) is 12.8 Å². The van der Waals surface area contributed by atoms with Crippen LogP contribution in [0.25, 0.3) is 0 Å². The van der Waals surface area contributed by atoms with E-state index in [9.17, 15) is 19.3 Å². The Morgan fingerprint density at radius 2 is 1.43 bits per heavy atom. The van der Waals surface area contributed by atoms with Crippen LogP contribution in [0.5, 0.6) is 5.75 Å². The van der Waals surface area contributed by atoms with Crippen molar-refractivity contribution < 1.29 is 32.8 Å². The first-order chi connectivity index (χ1) is 27.9. The van der Waals surface area contributed by atoms with Gasteiger partial charge >= 0.3 is 7.82 Å². The van der Waals surface area contributed by atoms with Gasteiger partial charge in [0, 0.05) is 40.4 Å². The number of phosphoric ester groups is 1. The van der Waals surface area contributed by atoms with Crippen LogP contribution < -0.4 is 15.2 Å². The summed E-state index contributed by atoms with van der Waals surface area (Å²) in [6.45, 7) is 8.61. The van der Waals surface area contributed by atoms with Crippen molar-refractivity contribution >= 4 is 31.4 Å². The standard InChI is InChI=1S/C46H58N3O7PS/c1-33-39(25-16-26-43(33)56-57(53,54-30-34-17-8-5-9-18-34)55-31-35-19-10-6-11-20-35)44(51)47-40(32-58-38-23-12-7-13-24-38)42(50)29-49-28-37-22-15-14-21-36(37)27-41(49)45(52)48-46(2,3)4/h5-13,16-20,23-26,36-37,40-42,50H,14-15,21-22,27-32H2,1-4H3,(H,47,51)(H,48,52)/t36-,37+,40-,41-,42+/m0/s1. The van der Waals surface area contributed by atoms with Gasteiger partial charge in [-0.2, -0.15) is 0 Å². The number of carbonyl (C=O) groups excluding carboxylic acids is 2. The molecular formula is C46H58N3O7PS. The van der Waals surface area contributed by atoms with E-state index < -0.39 is 25.9 Å². The molecule has 1 saturated heterocycles. The SMILES string of the molecule is Cc1c(OP(=O)(OCc2ccccc2)OCc2ccccc2)cccc1C(=O)N[C@@H](CSc1ccccc1)[C@H](O)CN1C[C@H]2CCCC[C@H]2C[C@H]1C(=O)NC(C)(C)C. The lowest BCUT2D eigenvalue weighted by Crippen LogP contribution is -2.60. The highest BCUT2D eigenvalue weighted by molar-refractivity contribution is 7.99. The molecule has 1 aliphatic carbocycles. The molecule has 0 radical (unpaired) electrons. The zero-order valence-electron chi connectivity index (χ0n) is 34.0. The second kappa shape index (κ2) is 20.3. The Kier molecular flexibility index (Phi) is 15.3. The van der Waals surface area contributed by atoms with E-state index in [-0.39, 0.29) is 43.0 Å². The topological polar surface area (TPSA) is 126 Å². The van der Waals surface area contributed by atoms with E-state index in [1.807, 2.05) is 112 Å². The minimum Gasteiger partial charge on any atom is -0.404 e. The molecule has 1 heterocycles. The van der Waals surface area contributed by atoms with Gasteiger partial charge in [-0.3, -0.25) is 23.5 Å². The molecule has 2 fully saturated rings. The van der Waals surface area contributed by atoms with Gasteiger partial charge in [0.15, 0.2) is 0 Å². The van der Waals surface area contributed by atoms with Crippen LogP contribution in [0.15, 0.2) is 114 Å². The highest BCUT2D eigenvalue weighted by Crippen LogP contribution is 2.52. The first-order valence-corrected chi connectivity index (χ1v) is 22.8. The number of aliphatic hydroxyl groups excluding tert-OH is 1. The van der Waals surface area contributed by atoms with E-state index in [4.69, 9.17) is 13.6 Å². The van der Waals surface area contributed by atoms with Gasteiger partial charge in [-0.15, -0.1) is 11.8 Å². The number of thioether (sulfide) groups is 1. The first-order valence-electron chi connectivity index (χ1n) is 20.3. The number of likely N-dealkylation sites (tertiary alicyclic amines) is 1. The number of amides is 2. The third-order valence-corrected chi connectivity index (χ3v) is 13.3.